The maximum atomic E-state index is 5.45. The van der Waals surface area contributed by atoms with Gasteiger partial charge in [-0.15, -0.1) is 45.3 Å². The van der Waals surface area contributed by atoms with E-state index in [1.807, 2.05) is 118 Å². The van der Waals surface area contributed by atoms with Crippen LogP contribution < -0.4 is 0 Å². The van der Waals surface area contributed by atoms with Gasteiger partial charge >= 0.3 is 0 Å². The first-order valence-corrected chi connectivity index (χ1v) is 43.2. The first-order chi connectivity index (χ1) is 59.5. The predicted molar refractivity (Wildman–Crippen MR) is 509 cm³/mol. The minimum atomic E-state index is 0.645. The lowest BCUT2D eigenvalue weighted by Crippen LogP contribution is -1.98. The van der Waals surface area contributed by atoms with Crippen LogP contribution in [0.1, 0.15) is 0 Å². The molecule has 0 spiro atoms. The summed E-state index contributed by atoms with van der Waals surface area (Å²) in [6.45, 7) is 0. The second kappa shape index (κ2) is 28.5. The molecule has 0 bridgehead atoms. The molecule has 0 radical (unpaired) electrons. The van der Waals surface area contributed by atoms with E-state index in [2.05, 4.69) is 297 Å². The first kappa shape index (κ1) is 69.5. The molecule has 558 valence electrons. The lowest BCUT2D eigenvalue weighted by Gasteiger charge is -2.14. The maximum absolute atomic E-state index is 5.45. The fourth-order valence-electron chi connectivity index (χ4n) is 17.6. The summed E-state index contributed by atoms with van der Waals surface area (Å²) >= 11 is 7.28. The summed E-state index contributed by atoms with van der Waals surface area (Å²) in [5.74, 6) is 1.99. The number of rotatable bonds is 7. The highest BCUT2D eigenvalue weighted by Gasteiger charge is 2.25. The van der Waals surface area contributed by atoms with Gasteiger partial charge in [0.2, 0.25) is 0 Å². The largest absolute Gasteiger partial charge is 0.246 e. The maximum Gasteiger partial charge on any atom is 0.179 e. The Kier molecular flexibility index (Phi) is 16.5. The molecule has 0 atom stereocenters. The summed E-state index contributed by atoms with van der Waals surface area (Å²) in [7, 11) is 0. The number of benzene rings is 16. The molecule has 26 rings (SSSR count). The molecular formula is C107H61N9S4. The van der Waals surface area contributed by atoms with Gasteiger partial charge in [0.15, 0.2) is 17.5 Å². The Hall–Kier alpha value is -14.8. The van der Waals surface area contributed by atoms with E-state index in [-0.39, 0.29) is 0 Å². The minimum Gasteiger partial charge on any atom is -0.246 e. The molecule has 0 fully saturated rings. The van der Waals surface area contributed by atoms with Gasteiger partial charge in [0.1, 0.15) is 11.4 Å². The monoisotopic (exact) mass is 1600 g/mol. The average Bonchev–Trinajstić information content (AvgIpc) is 1.34. The molecule has 26 aromatic rings. The van der Waals surface area contributed by atoms with Crippen LogP contribution in [0.15, 0.2) is 370 Å². The number of pyridine rings is 3. The van der Waals surface area contributed by atoms with E-state index in [0.29, 0.717) is 17.5 Å². The van der Waals surface area contributed by atoms with Crippen molar-refractivity contribution in [1.29, 1.82) is 0 Å². The Morgan fingerprint density at radius 2 is 0.500 bits per heavy atom. The zero-order valence-corrected chi connectivity index (χ0v) is 67.1. The van der Waals surface area contributed by atoms with E-state index in [4.69, 9.17) is 44.9 Å². The highest BCUT2D eigenvalue weighted by Crippen LogP contribution is 2.48. The van der Waals surface area contributed by atoms with Crippen molar-refractivity contribution in [2.24, 2.45) is 0 Å². The van der Waals surface area contributed by atoms with Crippen molar-refractivity contribution in [3.63, 3.8) is 0 Å². The van der Waals surface area contributed by atoms with Gasteiger partial charge in [-0.3, -0.25) is 0 Å². The van der Waals surface area contributed by atoms with E-state index in [1.165, 1.54) is 86.1 Å². The SMILES string of the molecule is c1ccc(-c2nc(-c3nc4c(ccc5sc6ccccc6c54)c4ccccc34)nc3ccccc23)cc1.c1ccc(-c2ncc(-c3nc4c(ccc5sc6ccccc6c54)c4ccccc34)c(-c3ccccc3)n2)cc1.c1ccc2c(-c3cccc4c3sc3ccccc34)nc(-c3nc4c(ccc5sc6ccccc6c54)c4ccccc34)nc2c1. The molecule has 0 N–H and O–H groups in total. The smallest absolute Gasteiger partial charge is 0.179 e. The van der Waals surface area contributed by atoms with Gasteiger partial charge < -0.3 is 0 Å². The standard InChI is InChI=1S/C39H21N3S2.C35H21N3S.C33H19N3S/c1-2-12-24-22(10-1)25-20-21-33-34(28-14-5-8-19-32(28)43-33)36(25)41-37(24)39-40-30-17-6-3-13-27(30)35(42-39)29-16-9-15-26-23-11-4-7-18-31(23)44-38(26)29;1-3-11-22(12-4-1)32-28(21-36-35(38-32)23-13-5-2-6-14-23)33-25-16-8-7-15-24(25)26-19-20-30-31(34(26)37-33)27-17-9-10-18-29(27)39-30;1-2-10-20(11-3-1)30-24-14-6-8-16-26(24)34-33(36-30)32-22-13-5-4-12-21(22)23-18-19-28-29(31(23)35-32)25-15-7-9-17-27(25)37-28/h1-21H;1-21H;1-19H. The third-order valence-electron chi connectivity index (χ3n) is 23.1. The minimum absolute atomic E-state index is 0.645. The molecule has 0 saturated heterocycles. The normalized spacial score (nSPS) is 11.8. The molecule has 13 heteroatoms. The molecule has 10 heterocycles. The van der Waals surface area contributed by atoms with Gasteiger partial charge in [0, 0.05) is 158 Å². The zero-order chi connectivity index (χ0) is 78.9. The Morgan fingerprint density at radius 3 is 0.975 bits per heavy atom. The van der Waals surface area contributed by atoms with Crippen LogP contribution in [0.3, 0.4) is 0 Å². The Balaban J connectivity index is 0.000000103. The van der Waals surface area contributed by atoms with Crippen molar-refractivity contribution >= 4 is 213 Å². The van der Waals surface area contributed by atoms with E-state index >= 15 is 0 Å². The van der Waals surface area contributed by atoms with Crippen molar-refractivity contribution in [2.45, 2.75) is 0 Å². The number of thiophene rings is 4. The molecule has 0 unspecified atom stereocenters. The molecule has 10 aromatic heterocycles. The average molecular weight is 1600 g/mol. The topological polar surface area (TPSA) is 116 Å². The molecule has 0 aliphatic rings. The van der Waals surface area contributed by atoms with Crippen LogP contribution in [-0.2, 0) is 0 Å². The van der Waals surface area contributed by atoms with E-state index < -0.39 is 0 Å². The number of hydrogen-bond acceptors (Lipinski definition) is 13. The van der Waals surface area contributed by atoms with Gasteiger partial charge in [0.05, 0.1) is 50.4 Å². The first-order valence-electron chi connectivity index (χ1n) is 39.9. The summed E-state index contributed by atoms with van der Waals surface area (Å²) in [5.41, 5.74) is 15.3. The van der Waals surface area contributed by atoms with E-state index in [1.54, 1.807) is 0 Å². The summed E-state index contributed by atoms with van der Waals surface area (Å²) in [6, 6.07) is 127. The highest BCUT2D eigenvalue weighted by atomic mass is 32.1. The van der Waals surface area contributed by atoms with Crippen molar-refractivity contribution in [1.82, 2.24) is 44.9 Å². The Morgan fingerprint density at radius 1 is 0.167 bits per heavy atom. The second-order valence-electron chi connectivity index (χ2n) is 30.0. The van der Waals surface area contributed by atoms with Gasteiger partial charge in [0.25, 0.3) is 0 Å². The van der Waals surface area contributed by atoms with Crippen LogP contribution in [0.2, 0.25) is 0 Å². The van der Waals surface area contributed by atoms with Gasteiger partial charge in [-0.2, -0.15) is 0 Å². The van der Waals surface area contributed by atoms with Crippen LogP contribution in [0.5, 0.6) is 0 Å². The van der Waals surface area contributed by atoms with Crippen molar-refractivity contribution in [2.75, 3.05) is 0 Å². The van der Waals surface area contributed by atoms with E-state index in [9.17, 15) is 0 Å². The fraction of sp³-hybridized carbons (Fsp3) is 0. The number of para-hydroxylation sites is 2. The van der Waals surface area contributed by atoms with Crippen molar-refractivity contribution in [3.8, 4) is 79.5 Å². The number of fused-ring (bicyclic) bond motifs is 26. The summed E-state index contributed by atoms with van der Waals surface area (Å²) in [6.07, 6.45) is 1.95. The highest BCUT2D eigenvalue weighted by molar-refractivity contribution is 7.27. The molecular weight excluding hydrogens is 1540 g/mol. The molecule has 0 saturated carbocycles. The number of nitrogens with zero attached hydrogens (tertiary/aromatic N) is 9. The van der Waals surface area contributed by atoms with Crippen LogP contribution in [0.25, 0.3) is 247 Å². The predicted octanol–water partition coefficient (Wildman–Crippen LogP) is 30.0. The van der Waals surface area contributed by atoms with Crippen LogP contribution >= 0.6 is 45.3 Å². The zero-order valence-electron chi connectivity index (χ0n) is 63.9. The molecule has 0 aliphatic heterocycles. The number of aromatic nitrogens is 9. The van der Waals surface area contributed by atoms with Crippen molar-refractivity contribution < 1.29 is 0 Å². The van der Waals surface area contributed by atoms with Crippen LogP contribution in [0, 0.1) is 0 Å². The lowest BCUT2D eigenvalue weighted by atomic mass is 9.96. The third-order valence-corrected chi connectivity index (χ3v) is 27.7. The summed E-state index contributed by atoms with van der Waals surface area (Å²) in [5, 5.41) is 22.1. The van der Waals surface area contributed by atoms with Gasteiger partial charge in [-0.05, 0) is 70.8 Å². The molecule has 9 nitrogen and oxygen atoms in total. The third kappa shape index (κ3) is 11.5. The van der Waals surface area contributed by atoms with Crippen molar-refractivity contribution in [3.05, 3.63) is 370 Å². The van der Waals surface area contributed by atoms with Crippen LogP contribution in [0.4, 0.5) is 0 Å². The van der Waals surface area contributed by atoms with Gasteiger partial charge in [-0.25, -0.2) is 44.9 Å². The quantitative estimate of drug-likeness (QED) is 0.144. The van der Waals surface area contributed by atoms with Gasteiger partial charge in [-0.1, -0.05) is 309 Å². The second-order valence-corrected chi connectivity index (χ2v) is 34.3. The Bertz CT molecular complexity index is 8700. The summed E-state index contributed by atoms with van der Waals surface area (Å²) < 4.78 is 10.1. The molecule has 0 aliphatic carbocycles. The molecule has 0 amide bonds. The fourth-order valence-corrected chi connectivity index (χ4v) is 22.2. The lowest BCUT2D eigenvalue weighted by molar-refractivity contribution is 1.18. The molecule has 16 aromatic carbocycles. The van der Waals surface area contributed by atoms with Crippen LogP contribution in [-0.4, -0.2) is 44.9 Å². The Labute approximate surface area is 701 Å². The molecule has 120 heavy (non-hydrogen) atoms. The summed E-state index contributed by atoms with van der Waals surface area (Å²) in [4.78, 5) is 47.0. The van der Waals surface area contributed by atoms with E-state index in [0.717, 1.165) is 143 Å². The number of hydrogen-bond donors (Lipinski definition) is 0.